The number of hydrogen-bond donors (Lipinski definition) is 0. The van der Waals surface area contributed by atoms with E-state index in [1.807, 2.05) is 27.9 Å². The fourth-order valence-corrected chi connectivity index (χ4v) is 3.80. The van der Waals surface area contributed by atoms with E-state index >= 15 is 0 Å². The van der Waals surface area contributed by atoms with Gasteiger partial charge in [0.1, 0.15) is 5.78 Å². The third-order valence-corrected chi connectivity index (χ3v) is 5.68. The number of nitrogens with zero attached hydrogens (tertiary/aromatic N) is 2. The monoisotopic (exact) mass is 344 g/mol. The Hall–Kier alpha value is -2.81. The number of benzene rings is 2. The van der Waals surface area contributed by atoms with Crippen molar-refractivity contribution in [2.45, 2.75) is 25.7 Å². The van der Waals surface area contributed by atoms with Crippen LogP contribution in [-0.4, -0.2) is 14.9 Å². The van der Waals surface area contributed by atoms with E-state index in [1.165, 1.54) is 21.8 Å². The fourth-order valence-electron chi connectivity index (χ4n) is 3.80. The van der Waals surface area contributed by atoms with Crippen LogP contribution in [0.25, 0.3) is 21.8 Å². The van der Waals surface area contributed by atoms with E-state index in [0.717, 1.165) is 11.1 Å². The summed E-state index contributed by atoms with van der Waals surface area (Å²) in [6.07, 6.45) is 4.11. The van der Waals surface area contributed by atoms with Gasteiger partial charge in [-0.25, -0.2) is 0 Å². The first kappa shape index (κ1) is 16.6. The third-order valence-electron chi connectivity index (χ3n) is 5.68. The molecule has 4 rings (SSSR count). The van der Waals surface area contributed by atoms with Crippen LogP contribution in [0.5, 0.6) is 0 Å². The van der Waals surface area contributed by atoms with Gasteiger partial charge in [-0.1, -0.05) is 38.1 Å². The molecule has 3 heteroatoms. The maximum Gasteiger partial charge on any atom is 0.147 e. The van der Waals surface area contributed by atoms with Crippen molar-refractivity contribution < 1.29 is 4.79 Å². The molecule has 2 aromatic carbocycles. The lowest BCUT2D eigenvalue weighted by Crippen LogP contribution is -2.16. The van der Waals surface area contributed by atoms with Crippen LogP contribution in [0, 0.1) is 0 Å². The molecule has 26 heavy (non-hydrogen) atoms. The molecule has 3 nitrogen and oxygen atoms in total. The van der Waals surface area contributed by atoms with Crippen LogP contribution in [0.4, 0.5) is 0 Å². The minimum absolute atomic E-state index is 0.131. The highest BCUT2D eigenvalue weighted by atomic mass is 16.1. The van der Waals surface area contributed by atoms with E-state index in [0.29, 0.717) is 0 Å². The molecule has 0 aliphatic heterocycles. The van der Waals surface area contributed by atoms with Crippen molar-refractivity contribution in [1.82, 2.24) is 9.13 Å². The molecule has 0 bridgehead atoms. The minimum Gasteiger partial charge on any atom is -0.351 e. The van der Waals surface area contributed by atoms with E-state index in [4.69, 9.17) is 0 Å². The van der Waals surface area contributed by atoms with Crippen LogP contribution in [0.2, 0.25) is 0 Å². The average Bonchev–Trinajstić information content (AvgIpc) is 3.22. The van der Waals surface area contributed by atoms with Gasteiger partial charge in [0.2, 0.25) is 0 Å². The Balaban J connectivity index is 1.65. The molecule has 0 saturated carbocycles. The van der Waals surface area contributed by atoms with Crippen LogP contribution in [0.15, 0.2) is 60.9 Å². The first-order valence-electron chi connectivity index (χ1n) is 9.09. The molecule has 0 spiro atoms. The van der Waals surface area contributed by atoms with Gasteiger partial charge in [-0.3, -0.25) is 4.79 Å². The Bertz CT molecular complexity index is 1030. The van der Waals surface area contributed by atoms with Crippen molar-refractivity contribution in [2.75, 3.05) is 0 Å². The lowest BCUT2D eigenvalue weighted by atomic mass is 9.85. The van der Waals surface area contributed by atoms with Crippen molar-refractivity contribution in [3.05, 3.63) is 72.1 Å². The highest BCUT2D eigenvalue weighted by molar-refractivity contribution is 5.93. The van der Waals surface area contributed by atoms with E-state index in [1.54, 1.807) is 0 Å². The number of carbonyl (C=O) groups excluding carboxylic acids is 1. The molecular formula is C23H24N2O. The Kier molecular flexibility index (Phi) is 3.95. The summed E-state index contributed by atoms with van der Waals surface area (Å²) in [5, 5.41) is 2.41. The van der Waals surface area contributed by atoms with Crippen molar-refractivity contribution in [2.24, 2.45) is 14.1 Å². The number of carbonyl (C=O) groups is 1. The minimum atomic E-state index is -0.131. The Morgan fingerprint density at radius 3 is 1.58 bits per heavy atom. The summed E-state index contributed by atoms with van der Waals surface area (Å²) in [5.41, 5.74) is 4.49. The molecule has 0 aliphatic rings. The normalized spacial score (nSPS) is 14.0. The van der Waals surface area contributed by atoms with Gasteiger partial charge in [-0.15, -0.1) is 0 Å². The van der Waals surface area contributed by atoms with Crippen LogP contribution in [0.3, 0.4) is 0 Å². The molecule has 2 heterocycles. The highest BCUT2D eigenvalue weighted by Crippen LogP contribution is 2.30. The smallest absolute Gasteiger partial charge is 0.147 e. The number of fused-ring (bicyclic) bond motifs is 2. The molecule has 0 fully saturated rings. The van der Waals surface area contributed by atoms with E-state index in [2.05, 4.69) is 70.1 Å². The third kappa shape index (κ3) is 2.64. The summed E-state index contributed by atoms with van der Waals surface area (Å²) in [6.45, 7) is 4.04. The number of aryl methyl sites for hydroxylation is 2. The molecule has 0 radical (unpaired) electrons. The maximum atomic E-state index is 13.1. The molecule has 0 saturated heterocycles. The second-order valence-electron chi connectivity index (χ2n) is 7.34. The second-order valence-corrected chi connectivity index (χ2v) is 7.34. The lowest BCUT2D eigenvalue weighted by molar-refractivity contribution is -0.121. The average molecular weight is 344 g/mol. The summed E-state index contributed by atoms with van der Waals surface area (Å²) < 4.78 is 4.20. The summed E-state index contributed by atoms with van der Waals surface area (Å²) >= 11 is 0. The first-order chi connectivity index (χ1) is 12.5. The Labute approximate surface area is 153 Å². The van der Waals surface area contributed by atoms with Gasteiger partial charge in [-0.2, -0.15) is 0 Å². The summed E-state index contributed by atoms with van der Waals surface area (Å²) in [6, 6.07) is 16.9. The van der Waals surface area contributed by atoms with Crippen molar-refractivity contribution in [1.29, 1.82) is 0 Å². The molecule has 0 N–H and O–H groups in total. The fraction of sp³-hybridized carbons (Fsp3) is 0.261. The van der Waals surface area contributed by atoms with Gasteiger partial charge >= 0.3 is 0 Å². The lowest BCUT2D eigenvalue weighted by Gasteiger charge is -2.18. The highest BCUT2D eigenvalue weighted by Gasteiger charge is 2.23. The van der Waals surface area contributed by atoms with Crippen molar-refractivity contribution in [3.8, 4) is 0 Å². The topological polar surface area (TPSA) is 26.9 Å². The first-order valence-corrected chi connectivity index (χ1v) is 9.09. The Morgan fingerprint density at radius 1 is 0.731 bits per heavy atom. The predicted octanol–water partition coefficient (Wildman–Crippen LogP) is 5.15. The molecule has 0 aliphatic carbocycles. The Morgan fingerprint density at radius 2 is 1.15 bits per heavy atom. The molecule has 132 valence electrons. The zero-order valence-corrected chi connectivity index (χ0v) is 15.7. The van der Waals surface area contributed by atoms with Gasteiger partial charge < -0.3 is 9.13 Å². The largest absolute Gasteiger partial charge is 0.351 e. The van der Waals surface area contributed by atoms with Crippen molar-refractivity contribution in [3.63, 3.8) is 0 Å². The van der Waals surface area contributed by atoms with Gasteiger partial charge in [0, 0.05) is 49.4 Å². The van der Waals surface area contributed by atoms with Crippen LogP contribution in [0.1, 0.15) is 36.8 Å². The van der Waals surface area contributed by atoms with Crippen molar-refractivity contribution >= 4 is 27.6 Å². The second kappa shape index (κ2) is 6.17. The standard InChI is InChI=1S/C23H24N2O/c1-15(19-7-5-17-9-11-24(3)21(17)13-19)23(26)16(2)20-8-6-18-10-12-25(4)22(18)14-20/h5-16H,1-4H3. The maximum absolute atomic E-state index is 13.1. The van der Waals surface area contributed by atoms with E-state index < -0.39 is 0 Å². The van der Waals surface area contributed by atoms with Crippen LogP contribution < -0.4 is 0 Å². The molecule has 2 unspecified atom stereocenters. The predicted molar refractivity (Wildman–Crippen MR) is 108 cm³/mol. The number of ketones is 1. The molecule has 4 aromatic rings. The number of rotatable bonds is 4. The van der Waals surface area contributed by atoms with Crippen LogP contribution >= 0.6 is 0 Å². The summed E-state index contributed by atoms with van der Waals surface area (Å²) in [7, 11) is 4.08. The quantitative estimate of drug-likeness (QED) is 0.503. The molecule has 0 amide bonds. The molecule has 2 atom stereocenters. The van der Waals surface area contributed by atoms with Crippen LogP contribution in [-0.2, 0) is 18.9 Å². The van der Waals surface area contributed by atoms with Gasteiger partial charge in [0.25, 0.3) is 0 Å². The van der Waals surface area contributed by atoms with Gasteiger partial charge in [0.05, 0.1) is 0 Å². The summed E-state index contributed by atoms with van der Waals surface area (Å²) in [5.74, 6) is -0.00561. The molecule has 2 aromatic heterocycles. The zero-order valence-electron chi connectivity index (χ0n) is 15.7. The summed E-state index contributed by atoms with van der Waals surface area (Å²) in [4.78, 5) is 13.1. The number of hydrogen-bond acceptors (Lipinski definition) is 1. The zero-order chi connectivity index (χ0) is 18.4. The van der Waals surface area contributed by atoms with E-state index in [9.17, 15) is 4.79 Å². The number of aromatic nitrogens is 2. The van der Waals surface area contributed by atoms with Gasteiger partial charge in [-0.05, 0) is 46.2 Å². The van der Waals surface area contributed by atoms with Gasteiger partial charge in [0.15, 0.2) is 0 Å². The molecular weight excluding hydrogens is 320 g/mol. The SMILES string of the molecule is CC(C(=O)C(C)c1ccc2ccn(C)c2c1)c1ccc2ccn(C)c2c1. The van der Waals surface area contributed by atoms with E-state index in [-0.39, 0.29) is 17.6 Å². The number of Topliss-reactive ketones (excluding diaryl/α,β-unsaturated/α-hetero) is 1.